The Balaban J connectivity index is 1.52. The number of halogens is 1. The van der Waals surface area contributed by atoms with Crippen LogP contribution in [0.3, 0.4) is 0 Å². The molecule has 0 fully saturated rings. The SMILES string of the molecule is Cc1ccc(CC(=O)NCc2nnc(C(=O)Nc3cccc(Cl)c3)s2)cc1. The number of aryl methyl sites for hydroxylation is 1. The van der Waals surface area contributed by atoms with Crippen LogP contribution >= 0.6 is 22.9 Å². The molecular formula is C19H17ClN4O2S. The van der Waals surface area contributed by atoms with Gasteiger partial charge in [0.15, 0.2) is 0 Å². The molecule has 1 heterocycles. The van der Waals surface area contributed by atoms with E-state index in [0.717, 1.165) is 22.5 Å². The molecule has 0 saturated carbocycles. The van der Waals surface area contributed by atoms with E-state index in [1.165, 1.54) is 0 Å². The molecule has 0 bridgehead atoms. The molecule has 27 heavy (non-hydrogen) atoms. The highest BCUT2D eigenvalue weighted by molar-refractivity contribution is 7.13. The summed E-state index contributed by atoms with van der Waals surface area (Å²) in [6, 6.07) is 14.6. The number of nitrogens with zero attached hydrogens (tertiary/aromatic N) is 2. The van der Waals surface area contributed by atoms with Crippen molar-refractivity contribution >= 4 is 40.4 Å². The Bertz CT molecular complexity index is 956. The number of anilines is 1. The van der Waals surface area contributed by atoms with Gasteiger partial charge in [-0.15, -0.1) is 10.2 Å². The minimum Gasteiger partial charge on any atom is -0.349 e. The molecule has 0 spiro atoms. The van der Waals surface area contributed by atoms with Crippen molar-refractivity contribution in [2.24, 2.45) is 0 Å². The summed E-state index contributed by atoms with van der Waals surface area (Å²) in [4.78, 5) is 24.2. The lowest BCUT2D eigenvalue weighted by Gasteiger charge is -2.03. The lowest BCUT2D eigenvalue weighted by molar-refractivity contribution is -0.120. The van der Waals surface area contributed by atoms with E-state index in [4.69, 9.17) is 11.6 Å². The van der Waals surface area contributed by atoms with Crippen molar-refractivity contribution in [1.29, 1.82) is 0 Å². The Morgan fingerprint density at radius 3 is 2.63 bits per heavy atom. The molecule has 0 radical (unpaired) electrons. The lowest BCUT2D eigenvalue weighted by Crippen LogP contribution is -2.24. The number of hydrogen-bond acceptors (Lipinski definition) is 5. The van der Waals surface area contributed by atoms with Crippen LogP contribution in [0.5, 0.6) is 0 Å². The van der Waals surface area contributed by atoms with Crippen molar-refractivity contribution in [2.45, 2.75) is 19.9 Å². The molecule has 138 valence electrons. The number of hydrogen-bond donors (Lipinski definition) is 2. The molecule has 0 aliphatic carbocycles. The second-order valence-electron chi connectivity index (χ2n) is 5.90. The minimum atomic E-state index is -0.369. The molecule has 2 aromatic carbocycles. The van der Waals surface area contributed by atoms with E-state index < -0.39 is 0 Å². The van der Waals surface area contributed by atoms with Crippen molar-refractivity contribution in [3.05, 3.63) is 74.7 Å². The predicted octanol–water partition coefficient (Wildman–Crippen LogP) is 3.61. The van der Waals surface area contributed by atoms with Gasteiger partial charge in [-0.2, -0.15) is 0 Å². The van der Waals surface area contributed by atoms with Gasteiger partial charge in [-0.25, -0.2) is 0 Å². The van der Waals surface area contributed by atoms with E-state index in [-0.39, 0.29) is 23.4 Å². The van der Waals surface area contributed by atoms with E-state index >= 15 is 0 Å². The van der Waals surface area contributed by atoms with Crippen LogP contribution in [0.15, 0.2) is 48.5 Å². The molecule has 2 N–H and O–H groups in total. The van der Waals surface area contributed by atoms with Crippen molar-refractivity contribution in [2.75, 3.05) is 5.32 Å². The maximum absolute atomic E-state index is 12.2. The highest BCUT2D eigenvalue weighted by Crippen LogP contribution is 2.17. The lowest BCUT2D eigenvalue weighted by atomic mass is 10.1. The Hall–Kier alpha value is -2.77. The van der Waals surface area contributed by atoms with Crippen LogP contribution in [0, 0.1) is 6.92 Å². The van der Waals surface area contributed by atoms with Crippen LogP contribution < -0.4 is 10.6 Å². The fraction of sp³-hybridized carbons (Fsp3) is 0.158. The first-order valence-electron chi connectivity index (χ1n) is 8.21. The summed E-state index contributed by atoms with van der Waals surface area (Å²) in [5, 5.41) is 14.6. The van der Waals surface area contributed by atoms with Crippen LogP contribution in [0.2, 0.25) is 5.02 Å². The Kier molecular flexibility index (Phi) is 6.16. The Morgan fingerprint density at radius 2 is 1.89 bits per heavy atom. The molecule has 6 nitrogen and oxygen atoms in total. The van der Waals surface area contributed by atoms with Gasteiger partial charge < -0.3 is 10.6 Å². The third-order valence-corrected chi connectivity index (χ3v) is 4.82. The zero-order valence-electron chi connectivity index (χ0n) is 14.5. The molecule has 0 aliphatic heterocycles. The molecule has 2 amide bonds. The second-order valence-corrected chi connectivity index (χ2v) is 7.40. The fourth-order valence-electron chi connectivity index (χ4n) is 2.30. The van der Waals surface area contributed by atoms with Gasteiger partial charge in [-0.05, 0) is 30.7 Å². The largest absolute Gasteiger partial charge is 0.349 e. The fourth-order valence-corrected chi connectivity index (χ4v) is 3.16. The Labute approximate surface area is 165 Å². The first-order chi connectivity index (χ1) is 13.0. The number of carbonyl (C=O) groups excluding carboxylic acids is 2. The average Bonchev–Trinajstić information content (AvgIpc) is 3.11. The third kappa shape index (κ3) is 5.60. The van der Waals surface area contributed by atoms with E-state index in [1.807, 2.05) is 31.2 Å². The van der Waals surface area contributed by atoms with Crippen LogP contribution in [0.1, 0.15) is 25.9 Å². The first kappa shape index (κ1) is 19.0. The standard InChI is InChI=1S/C19H17ClN4O2S/c1-12-5-7-13(8-6-12)9-16(25)21-11-17-23-24-19(27-17)18(26)22-15-4-2-3-14(20)10-15/h2-8,10H,9,11H2,1H3,(H,21,25)(H,22,26). The highest BCUT2D eigenvalue weighted by Gasteiger charge is 2.14. The average molecular weight is 401 g/mol. The van der Waals surface area contributed by atoms with Gasteiger partial charge in [0, 0.05) is 10.7 Å². The normalized spacial score (nSPS) is 10.4. The zero-order chi connectivity index (χ0) is 19.2. The number of nitrogens with one attached hydrogen (secondary N) is 2. The number of carbonyl (C=O) groups is 2. The molecule has 3 aromatic rings. The molecule has 0 aliphatic rings. The quantitative estimate of drug-likeness (QED) is 0.662. The van der Waals surface area contributed by atoms with Gasteiger partial charge in [-0.1, -0.05) is 58.8 Å². The topological polar surface area (TPSA) is 84.0 Å². The molecule has 0 unspecified atom stereocenters. The molecule has 1 aromatic heterocycles. The van der Waals surface area contributed by atoms with E-state index in [0.29, 0.717) is 22.1 Å². The Morgan fingerprint density at radius 1 is 1.11 bits per heavy atom. The number of amides is 2. The van der Waals surface area contributed by atoms with Crippen molar-refractivity contribution in [3.8, 4) is 0 Å². The zero-order valence-corrected chi connectivity index (χ0v) is 16.1. The van der Waals surface area contributed by atoms with Crippen LogP contribution in [0.25, 0.3) is 0 Å². The summed E-state index contributed by atoms with van der Waals surface area (Å²) in [6.45, 7) is 2.23. The summed E-state index contributed by atoms with van der Waals surface area (Å²) in [5.74, 6) is -0.481. The number of benzene rings is 2. The molecule has 0 atom stereocenters. The molecule has 8 heteroatoms. The monoisotopic (exact) mass is 400 g/mol. The first-order valence-corrected chi connectivity index (χ1v) is 9.40. The van der Waals surface area contributed by atoms with Crippen LogP contribution in [-0.2, 0) is 17.8 Å². The van der Waals surface area contributed by atoms with Crippen molar-refractivity contribution < 1.29 is 9.59 Å². The van der Waals surface area contributed by atoms with Gasteiger partial charge in [0.2, 0.25) is 10.9 Å². The van der Waals surface area contributed by atoms with E-state index in [9.17, 15) is 9.59 Å². The molecular weight excluding hydrogens is 384 g/mol. The summed E-state index contributed by atoms with van der Waals surface area (Å²) >= 11 is 7.03. The van der Waals surface area contributed by atoms with E-state index in [1.54, 1.807) is 24.3 Å². The maximum Gasteiger partial charge on any atom is 0.286 e. The maximum atomic E-state index is 12.2. The minimum absolute atomic E-state index is 0.112. The smallest absolute Gasteiger partial charge is 0.286 e. The molecule has 0 saturated heterocycles. The van der Waals surface area contributed by atoms with E-state index in [2.05, 4.69) is 20.8 Å². The summed E-state index contributed by atoms with van der Waals surface area (Å²) in [6.07, 6.45) is 0.293. The van der Waals surface area contributed by atoms with Gasteiger partial charge in [0.05, 0.1) is 13.0 Å². The van der Waals surface area contributed by atoms with Gasteiger partial charge in [0.1, 0.15) is 5.01 Å². The van der Waals surface area contributed by atoms with Crippen LogP contribution in [0.4, 0.5) is 5.69 Å². The summed E-state index contributed by atoms with van der Waals surface area (Å²) in [7, 11) is 0. The molecule has 3 rings (SSSR count). The number of aromatic nitrogens is 2. The third-order valence-electron chi connectivity index (χ3n) is 3.67. The van der Waals surface area contributed by atoms with Crippen LogP contribution in [-0.4, -0.2) is 22.0 Å². The van der Waals surface area contributed by atoms with Crippen molar-refractivity contribution in [1.82, 2.24) is 15.5 Å². The predicted molar refractivity (Wildman–Crippen MR) is 106 cm³/mol. The number of rotatable bonds is 6. The summed E-state index contributed by atoms with van der Waals surface area (Å²) < 4.78 is 0. The van der Waals surface area contributed by atoms with Crippen molar-refractivity contribution in [3.63, 3.8) is 0 Å². The van der Waals surface area contributed by atoms with Gasteiger partial charge in [-0.3, -0.25) is 9.59 Å². The van der Waals surface area contributed by atoms with Gasteiger partial charge in [0.25, 0.3) is 5.91 Å². The summed E-state index contributed by atoms with van der Waals surface area (Å²) in [5.41, 5.74) is 2.67. The van der Waals surface area contributed by atoms with Gasteiger partial charge >= 0.3 is 0 Å². The second kappa shape index (κ2) is 8.75. The highest BCUT2D eigenvalue weighted by atomic mass is 35.5.